The van der Waals surface area contributed by atoms with Crippen LogP contribution < -0.4 is 10.1 Å². The number of esters is 1. The summed E-state index contributed by atoms with van der Waals surface area (Å²) in [6.07, 6.45) is 0.463. The van der Waals surface area contributed by atoms with E-state index in [4.69, 9.17) is 32.7 Å². The van der Waals surface area contributed by atoms with Gasteiger partial charge < -0.3 is 14.8 Å². The van der Waals surface area contributed by atoms with Crippen LogP contribution in [-0.4, -0.2) is 25.1 Å². The number of hydrogen-bond donors (Lipinski definition) is 1. The minimum absolute atomic E-state index is 0.212. The van der Waals surface area contributed by atoms with E-state index in [9.17, 15) is 9.59 Å². The summed E-state index contributed by atoms with van der Waals surface area (Å²) in [5.74, 6) is -0.667. The van der Waals surface area contributed by atoms with Gasteiger partial charge in [-0.3, -0.25) is 9.59 Å². The summed E-state index contributed by atoms with van der Waals surface area (Å²) in [5.41, 5.74) is 1.39. The van der Waals surface area contributed by atoms with Gasteiger partial charge >= 0.3 is 5.97 Å². The molecular weight excluding hydrogens is 365 g/mol. The summed E-state index contributed by atoms with van der Waals surface area (Å²) in [4.78, 5) is 24.0. The summed E-state index contributed by atoms with van der Waals surface area (Å²) in [5, 5.41) is 3.70. The molecule has 0 bridgehead atoms. The zero-order valence-corrected chi connectivity index (χ0v) is 14.6. The van der Waals surface area contributed by atoms with Crippen LogP contribution in [-0.2, 0) is 20.7 Å². The summed E-state index contributed by atoms with van der Waals surface area (Å²) in [6.45, 7) is -0.159. The Morgan fingerprint density at radius 1 is 1.16 bits per heavy atom. The van der Waals surface area contributed by atoms with Crippen LogP contribution in [0, 0.1) is 5.92 Å². The van der Waals surface area contributed by atoms with Crippen molar-refractivity contribution in [2.24, 2.45) is 5.92 Å². The molecule has 0 aliphatic carbocycles. The average molecular weight is 380 g/mol. The van der Waals surface area contributed by atoms with Crippen LogP contribution in [0.5, 0.6) is 5.75 Å². The molecule has 0 radical (unpaired) electrons. The Labute approximate surface area is 154 Å². The third-order valence-corrected chi connectivity index (χ3v) is 4.19. The number of benzene rings is 2. The standard InChI is InChI=1S/C18H15Cl2NO4/c19-13-2-1-3-15(8-13)21-17(22)10-25-18(23)12-6-11-7-14(20)4-5-16(11)24-9-12/h1-5,7-8,12H,6,9-10H2,(H,21,22)/t12-/m1/s1. The number of carbonyl (C=O) groups excluding carboxylic acids is 2. The summed E-state index contributed by atoms with van der Waals surface area (Å²) in [7, 11) is 0. The number of nitrogens with one attached hydrogen (secondary N) is 1. The van der Waals surface area contributed by atoms with E-state index in [1.165, 1.54) is 0 Å². The van der Waals surface area contributed by atoms with Crippen LogP contribution in [0.15, 0.2) is 42.5 Å². The second-order valence-corrected chi connectivity index (χ2v) is 6.50. The van der Waals surface area contributed by atoms with Gasteiger partial charge in [-0.25, -0.2) is 0 Å². The number of halogens is 2. The third-order valence-electron chi connectivity index (χ3n) is 3.72. The van der Waals surface area contributed by atoms with Gasteiger partial charge in [0.2, 0.25) is 0 Å². The van der Waals surface area contributed by atoms with E-state index in [0.29, 0.717) is 27.9 Å². The van der Waals surface area contributed by atoms with E-state index >= 15 is 0 Å². The fraction of sp³-hybridized carbons (Fsp3) is 0.222. The Balaban J connectivity index is 1.52. The Bertz CT molecular complexity index is 809. The number of fused-ring (bicyclic) bond motifs is 1. The minimum atomic E-state index is -0.480. The van der Waals surface area contributed by atoms with Crippen molar-refractivity contribution in [1.82, 2.24) is 0 Å². The largest absolute Gasteiger partial charge is 0.492 e. The van der Waals surface area contributed by atoms with Crippen LogP contribution in [0.4, 0.5) is 5.69 Å². The van der Waals surface area contributed by atoms with E-state index in [-0.39, 0.29) is 13.2 Å². The maximum atomic E-state index is 12.2. The van der Waals surface area contributed by atoms with Gasteiger partial charge in [-0.1, -0.05) is 29.3 Å². The predicted molar refractivity (Wildman–Crippen MR) is 95.2 cm³/mol. The zero-order chi connectivity index (χ0) is 17.8. The quantitative estimate of drug-likeness (QED) is 0.822. The van der Waals surface area contributed by atoms with Crippen molar-refractivity contribution in [3.63, 3.8) is 0 Å². The SMILES string of the molecule is O=C(COC(=O)[C@H]1COc2ccc(Cl)cc2C1)Nc1cccc(Cl)c1. The first-order chi connectivity index (χ1) is 12.0. The average Bonchev–Trinajstić information content (AvgIpc) is 2.59. The first-order valence-electron chi connectivity index (χ1n) is 7.64. The molecule has 0 aromatic heterocycles. The number of anilines is 1. The summed E-state index contributed by atoms with van der Waals surface area (Å²) in [6, 6.07) is 12.0. The Hall–Kier alpha value is -2.24. The molecule has 0 spiro atoms. The summed E-state index contributed by atoms with van der Waals surface area (Å²) >= 11 is 11.8. The molecule has 2 aromatic carbocycles. The van der Waals surface area contributed by atoms with Crippen LogP contribution in [0.25, 0.3) is 0 Å². The van der Waals surface area contributed by atoms with Gasteiger partial charge in [-0.05, 0) is 48.4 Å². The highest BCUT2D eigenvalue weighted by Gasteiger charge is 2.27. The highest BCUT2D eigenvalue weighted by molar-refractivity contribution is 6.31. The number of hydrogen-bond acceptors (Lipinski definition) is 4. The van der Waals surface area contributed by atoms with Gasteiger partial charge in [0, 0.05) is 15.7 Å². The number of rotatable bonds is 4. The van der Waals surface area contributed by atoms with Crippen molar-refractivity contribution in [2.45, 2.75) is 6.42 Å². The normalized spacial score (nSPS) is 15.7. The lowest BCUT2D eigenvalue weighted by molar-refractivity contribution is -0.152. The van der Waals surface area contributed by atoms with Crippen molar-refractivity contribution < 1.29 is 19.1 Å². The lowest BCUT2D eigenvalue weighted by Gasteiger charge is -2.24. The van der Waals surface area contributed by atoms with E-state index < -0.39 is 17.8 Å². The minimum Gasteiger partial charge on any atom is -0.492 e. The molecule has 5 nitrogen and oxygen atoms in total. The molecule has 25 heavy (non-hydrogen) atoms. The smallest absolute Gasteiger partial charge is 0.313 e. The highest BCUT2D eigenvalue weighted by Crippen LogP contribution is 2.30. The Morgan fingerprint density at radius 2 is 1.96 bits per heavy atom. The Morgan fingerprint density at radius 3 is 2.76 bits per heavy atom. The first kappa shape index (κ1) is 17.6. The summed E-state index contributed by atoms with van der Waals surface area (Å²) < 4.78 is 10.6. The van der Waals surface area contributed by atoms with E-state index in [1.54, 1.807) is 42.5 Å². The van der Waals surface area contributed by atoms with Gasteiger partial charge in [0.25, 0.3) is 5.91 Å². The fourth-order valence-electron chi connectivity index (χ4n) is 2.53. The second kappa shape index (κ2) is 7.76. The van der Waals surface area contributed by atoms with Crippen LogP contribution in [0.3, 0.4) is 0 Å². The number of amides is 1. The molecule has 0 fully saturated rings. The van der Waals surface area contributed by atoms with Gasteiger partial charge in [0.05, 0.1) is 5.92 Å². The molecule has 1 N–H and O–H groups in total. The molecule has 1 heterocycles. The van der Waals surface area contributed by atoms with E-state index in [2.05, 4.69) is 5.32 Å². The monoisotopic (exact) mass is 379 g/mol. The number of carbonyl (C=O) groups is 2. The van der Waals surface area contributed by atoms with Gasteiger partial charge in [-0.15, -0.1) is 0 Å². The van der Waals surface area contributed by atoms with Crippen molar-refractivity contribution >= 4 is 40.8 Å². The third kappa shape index (κ3) is 4.65. The molecule has 7 heteroatoms. The van der Waals surface area contributed by atoms with Crippen molar-refractivity contribution in [3.8, 4) is 5.75 Å². The molecule has 1 atom stereocenters. The van der Waals surface area contributed by atoms with Gasteiger partial charge in [0.15, 0.2) is 6.61 Å². The molecule has 0 saturated carbocycles. The molecule has 3 rings (SSSR count). The lowest BCUT2D eigenvalue weighted by atomic mass is 9.97. The Kier molecular flexibility index (Phi) is 5.46. The molecule has 0 saturated heterocycles. The predicted octanol–water partition coefficient (Wildman–Crippen LogP) is 3.73. The molecule has 1 aliphatic heterocycles. The van der Waals surface area contributed by atoms with Crippen molar-refractivity contribution in [3.05, 3.63) is 58.1 Å². The highest BCUT2D eigenvalue weighted by atomic mass is 35.5. The molecule has 1 amide bonds. The van der Waals surface area contributed by atoms with E-state index in [1.807, 2.05) is 0 Å². The fourth-order valence-corrected chi connectivity index (χ4v) is 2.92. The van der Waals surface area contributed by atoms with Crippen LogP contribution >= 0.6 is 23.2 Å². The molecule has 1 aliphatic rings. The molecule has 130 valence electrons. The molecule has 2 aromatic rings. The molecule has 0 unspecified atom stereocenters. The lowest BCUT2D eigenvalue weighted by Crippen LogP contribution is -2.31. The van der Waals surface area contributed by atoms with Crippen molar-refractivity contribution in [2.75, 3.05) is 18.5 Å². The second-order valence-electron chi connectivity index (χ2n) is 5.63. The topological polar surface area (TPSA) is 64.6 Å². The first-order valence-corrected chi connectivity index (χ1v) is 8.40. The maximum Gasteiger partial charge on any atom is 0.313 e. The van der Waals surface area contributed by atoms with Crippen LogP contribution in [0.2, 0.25) is 10.0 Å². The van der Waals surface area contributed by atoms with Crippen LogP contribution in [0.1, 0.15) is 5.56 Å². The van der Waals surface area contributed by atoms with Gasteiger partial charge in [-0.2, -0.15) is 0 Å². The molecular formula is C18H15Cl2NO4. The maximum absolute atomic E-state index is 12.2. The van der Waals surface area contributed by atoms with Gasteiger partial charge in [0.1, 0.15) is 12.4 Å². The zero-order valence-electron chi connectivity index (χ0n) is 13.1. The van der Waals surface area contributed by atoms with Crippen molar-refractivity contribution in [1.29, 1.82) is 0 Å². The van der Waals surface area contributed by atoms with E-state index in [0.717, 1.165) is 5.56 Å². The number of ether oxygens (including phenoxy) is 2.